The minimum atomic E-state index is -0.118. The van der Waals surface area contributed by atoms with Crippen LogP contribution in [0.15, 0.2) is 59.7 Å². The van der Waals surface area contributed by atoms with Gasteiger partial charge in [0, 0.05) is 10.8 Å². The second kappa shape index (κ2) is 8.61. The summed E-state index contributed by atoms with van der Waals surface area (Å²) in [7, 11) is 0. The van der Waals surface area contributed by atoms with Gasteiger partial charge in [-0.15, -0.1) is 11.8 Å². The first-order valence-corrected chi connectivity index (χ1v) is 8.40. The van der Waals surface area contributed by atoms with Gasteiger partial charge in [0.15, 0.2) is 0 Å². The fourth-order valence-electron chi connectivity index (χ4n) is 1.79. The van der Waals surface area contributed by atoms with Crippen molar-refractivity contribution in [3.05, 3.63) is 70.7 Å². The van der Waals surface area contributed by atoms with Crippen LogP contribution in [-0.4, -0.2) is 17.4 Å². The molecule has 0 aliphatic carbocycles. The normalized spacial score (nSPS) is 11.3. The number of amides is 1. The van der Waals surface area contributed by atoms with Gasteiger partial charge in [0.05, 0.1) is 11.5 Å². The number of hydrogen-bond donors (Lipinski definition) is 1. The van der Waals surface area contributed by atoms with Crippen molar-refractivity contribution in [1.29, 1.82) is 0 Å². The molecule has 0 atom stereocenters. The van der Waals surface area contributed by atoms with Gasteiger partial charge < -0.3 is 0 Å². The number of carbonyl (C=O) groups is 1. The third-order valence-corrected chi connectivity index (χ3v) is 4.34. The van der Waals surface area contributed by atoms with Crippen LogP contribution in [0.3, 0.4) is 0 Å². The van der Waals surface area contributed by atoms with E-state index in [9.17, 15) is 4.79 Å². The Morgan fingerprint density at radius 3 is 2.55 bits per heavy atom. The summed E-state index contributed by atoms with van der Waals surface area (Å²) < 4.78 is 0. The summed E-state index contributed by atoms with van der Waals surface area (Å²) in [5.74, 6) is 0.929. The van der Waals surface area contributed by atoms with Crippen molar-refractivity contribution in [3.63, 3.8) is 0 Å². The molecular formula is C17H17ClN2OS. The molecule has 0 saturated carbocycles. The van der Waals surface area contributed by atoms with Crippen molar-refractivity contribution in [3.8, 4) is 0 Å². The molecule has 0 aromatic heterocycles. The molecule has 0 unspecified atom stereocenters. The lowest BCUT2D eigenvalue weighted by molar-refractivity contribution is -0.118. The minimum Gasteiger partial charge on any atom is -0.272 e. The van der Waals surface area contributed by atoms with Crippen LogP contribution in [-0.2, 0) is 10.5 Å². The number of nitrogens with one attached hydrogen (secondary N) is 1. The highest BCUT2D eigenvalue weighted by atomic mass is 35.5. The Kier molecular flexibility index (Phi) is 6.49. The number of benzene rings is 2. The van der Waals surface area contributed by atoms with Crippen LogP contribution in [0.25, 0.3) is 0 Å². The highest BCUT2D eigenvalue weighted by Gasteiger charge is 2.04. The molecule has 5 heteroatoms. The second-order valence-electron chi connectivity index (χ2n) is 4.68. The molecule has 0 bridgehead atoms. The molecule has 1 N–H and O–H groups in total. The fourth-order valence-corrected chi connectivity index (χ4v) is 2.90. The molecule has 0 radical (unpaired) electrons. The summed E-state index contributed by atoms with van der Waals surface area (Å²) in [4.78, 5) is 11.8. The van der Waals surface area contributed by atoms with E-state index >= 15 is 0 Å². The van der Waals surface area contributed by atoms with Gasteiger partial charge in [0.25, 0.3) is 0 Å². The second-order valence-corrected chi connectivity index (χ2v) is 6.08. The third-order valence-electron chi connectivity index (χ3n) is 2.99. The van der Waals surface area contributed by atoms with Crippen LogP contribution >= 0.6 is 23.4 Å². The standard InChI is InChI=1S/C17H17ClN2OS/c1-13(14-7-3-2-4-8-14)19-20-17(21)12-22-11-15-9-5-6-10-16(15)18/h2-10H,11-12H2,1H3,(H,20,21)/b19-13-. The Hall–Kier alpha value is -1.78. The first-order valence-electron chi connectivity index (χ1n) is 6.86. The zero-order valence-electron chi connectivity index (χ0n) is 12.3. The van der Waals surface area contributed by atoms with Crippen molar-refractivity contribution in [1.82, 2.24) is 5.43 Å². The van der Waals surface area contributed by atoms with Gasteiger partial charge in [-0.05, 0) is 24.1 Å². The molecule has 0 saturated heterocycles. The zero-order valence-corrected chi connectivity index (χ0v) is 13.8. The van der Waals surface area contributed by atoms with E-state index in [1.807, 2.05) is 61.5 Å². The number of thioether (sulfide) groups is 1. The minimum absolute atomic E-state index is 0.118. The van der Waals surface area contributed by atoms with Crippen LogP contribution in [0, 0.1) is 0 Å². The fraction of sp³-hybridized carbons (Fsp3) is 0.176. The monoisotopic (exact) mass is 332 g/mol. The van der Waals surface area contributed by atoms with Gasteiger partial charge in [-0.25, -0.2) is 5.43 Å². The van der Waals surface area contributed by atoms with E-state index in [0.29, 0.717) is 11.5 Å². The van der Waals surface area contributed by atoms with Crippen LogP contribution in [0.5, 0.6) is 0 Å². The van der Waals surface area contributed by atoms with Crippen LogP contribution < -0.4 is 5.43 Å². The molecule has 3 nitrogen and oxygen atoms in total. The molecule has 2 aromatic rings. The Bertz CT molecular complexity index is 659. The number of carbonyl (C=O) groups excluding carboxylic acids is 1. The summed E-state index contributed by atoms with van der Waals surface area (Å²) >= 11 is 7.58. The topological polar surface area (TPSA) is 41.5 Å². The first kappa shape index (κ1) is 16.6. The Balaban J connectivity index is 1.78. The lowest BCUT2D eigenvalue weighted by atomic mass is 10.1. The summed E-state index contributed by atoms with van der Waals surface area (Å²) in [5.41, 5.74) is 5.38. The van der Waals surface area contributed by atoms with Crippen LogP contribution in [0.2, 0.25) is 5.02 Å². The van der Waals surface area contributed by atoms with Gasteiger partial charge in [-0.2, -0.15) is 5.10 Å². The van der Waals surface area contributed by atoms with E-state index in [-0.39, 0.29) is 5.91 Å². The summed E-state index contributed by atoms with van der Waals surface area (Å²) in [6.07, 6.45) is 0. The molecule has 0 heterocycles. The molecule has 1 amide bonds. The van der Waals surface area contributed by atoms with Gasteiger partial charge in [-0.3, -0.25) is 4.79 Å². The largest absolute Gasteiger partial charge is 0.272 e. The number of halogens is 1. The number of hydrogen-bond acceptors (Lipinski definition) is 3. The number of hydrazone groups is 1. The van der Waals surface area contributed by atoms with Crippen molar-refractivity contribution in [2.75, 3.05) is 5.75 Å². The molecule has 2 aromatic carbocycles. The van der Waals surface area contributed by atoms with Gasteiger partial charge in [0.2, 0.25) is 5.91 Å². The molecule has 0 aliphatic heterocycles. The van der Waals surface area contributed by atoms with E-state index in [2.05, 4.69) is 10.5 Å². The van der Waals surface area contributed by atoms with Crippen molar-refractivity contribution in [2.24, 2.45) is 5.10 Å². The first-order chi connectivity index (χ1) is 10.7. The maximum absolute atomic E-state index is 11.8. The predicted octanol–water partition coefficient (Wildman–Crippen LogP) is 4.11. The van der Waals surface area contributed by atoms with Gasteiger partial charge in [-0.1, -0.05) is 60.1 Å². The highest BCUT2D eigenvalue weighted by molar-refractivity contribution is 7.99. The molecule has 0 fully saturated rings. The van der Waals surface area contributed by atoms with Gasteiger partial charge >= 0.3 is 0 Å². The summed E-state index contributed by atoms with van der Waals surface area (Å²) in [5, 5.41) is 4.85. The van der Waals surface area contributed by atoms with Crippen molar-refractivity contribution < 1.29 is 4.79 Å². The maximum atomic E-state index is 11.8. The van der Waals surface area contributed by atoms with E-state index in [4.69, 9.17) is 11.6 Å². The van der Waals surface area contributed by atoms with E-state index in [0.717, 1.165) is 21.9 Å². The maximum Gasteiger partial charge on any atom is 0.250 e. The van der Waals surface area contributed by atoms with Crippen LogP contribution in [0.4, 0.5) is 0 Å². The van der Waals surface area contributed by atoms with Crippen LogP contribution in [0.1, 0.15) is 18.1 Å². The Labute approximate surface area is 139 Å². The lowest BCUT2D eigenvalue weighted by Gasteiger charge is -2.04. The molecule has 114 valence electrons. The van der Waals surface area contributed by atoms with E-state index in [1.54, 1.807) is 0 Å². The van der Waals surface area contributed by atoms with Crippen molar-refractivity contribution in [2.45, 2.75) is 12.7 Å². The molecule has 22 heavy (non-hydrogen) atoms. The predicted molar refractivity (Wildman–Crippen MR) is 94.4 cm³/mol. The molecule has 2 rings (SSSR count). The highest BCUT2D eigenvalue weighted by Crippen LogP contribution is 2.20. The SMILES string of the molecule is C/C(=N/NC(=O)CSCc1ccccc1Cl)c1ccccc1. The smallest absolute Gasteiger partial charge is 0.250 e. The molecular weight excluding hydrogens is 316 g/mol. The molecule has 0 spiro atoms. The summed E-state index contributed by atoms with van der Waals surface area (Å²) in [6.45, 7) is 1.87. The Morgan fingerprint density at radius 2 is 1.82 bits per heavy atom. The number of rotatable bonds is 6. The number of nitrogens with zero attached hydrogens (tertiary/aromatic N) is 1. The Morgan fingerprint density at radius 1 is 1.14 bits per heavy atom. The van der Waals surface area contributed by atoms with E-state index in [1.165, 1.54) is 11.8 Å². The van der Waals surface area contributed by atoms with Crippen molar-refractivity contribution >= 4 is 35.0 Å². The zero-order chi connectivity index (χ0) is 15.8. The molecule has 0 aliphatic rings. The average Bonchev–Trinajstić information content (AvgIpc) is 2.55. The average molecular weight is 333 g/mol. The quantitative estimate of drug-likeness (QED) is 0.638. The van der Waals surface area contributed by atoms with Gasteiger partial charge in [0.1, 0.15) is 0 Å². The third kappa shape index (κ3) is 5.20. The summed E-state index contributed by atoms with van der Waals surface area (Å²) in [6, 6.07) is 17.4. The lowest BCUT2D eigenvalue weighted by Crippen LogP contribution is -2.21. The van der Waals surface area contributed by atoms with E-state index < -0.39 is 0 Å².